The van der Waals surface area contributed by atoms with Gasteiger partial charge in [0.2, 0.25) is 0 Å². The van der Waals surface area contributed by atoms with Crippen molar-refractivity contribution in [2.45, 2.75) is 25.5 Å². The molecular formula is C12H19NO2S. The van der Waals surface area contributed by atoms with Crippen LogP contribution in [0, 0.1) is 0 Å². The van der Waals surface area contributed by atoms with Gasteiger partial charge in [0.15, 0.2) is 0 Å². The Morgan fingerprint density at radius 2 is 2.50 bits per heavy atom. The van der Waals surface area contributed by atoms with Crippen molar-refractivity contribution in [3.8, 4) is 0 Å². The van der Waals surface area contributed by atoms with Gasteiger partial charge in [-0.3, -0.25) is 0 Å². The molecule has 90 valence electrons. The first-order valence-electron chi connectivity index (χ1n) is 5.85. The highest BCUT2D eigenvalue weighted by Crippen LogP contribution is 2.15. The summed E-state index contributed by atoms with van der Waals surface area (Å²) in [6.07, 6.45) is 1.22. The minimum Gasteiger partial charge on any atom is -0.376 e. The molecule has 2 rings (SSSR count). The van der Waals surface area contributed by atoms with Gasteiger partial charge in [-0.05, 0) is 24.4 Å². The molecule has 1 aromatic rings. The third kappa shape index (κ3) is 3.28. The fourth-order valence-electron chi connectivity index (χ4n) is 1.98. The molecule has 4 heteroatoms. The molecule has 1 aliphatic heterocycles. The van der Waals surface area contributed by atoms with E-state index < -0.39 is 0 Å². The van der Waals surface area contributed by atoms with Gasteiger partial charge in [-0.25, -0.2) is 0 Å². The Morgan fingerprint density at radius 1 is 1.56 bits per heavy atom. The van der Waals surface area contributed by atoms with E-state index in [0.29, 0.717) is 12.6 Å². The second-order valence-electron chi connectivity index (χ2n) is 3.93. The molecule has 2 heterocycles. The quantitative estimate of drug-likeness (QED) is 0.851. The van der Waals surface area contributed by atoms with Crippen molar-refractivity contribution in [1.29, 1.82) is 0 Å². The number of nitrogens with one attached hydrogen (secondary N) is 1. The van der Waals surface area contributed by atoms with E-state index in [-0.39, 0.29) is 6.10 Å². The molecule has 16 heavy (non-hydrogen) atoms. The Hall–Kier alpha value is -0.420. The van der Waals surface area contributed by atoms with E-state index in [1.165, 1.54) is 4.88 Å². The third-order valence-electron chi connectivity index (χ3n) is 2.76. The van der Waals surface area contributed by atoms with Gasteiger partial charge in [0, 0.05) is 10.9 Å². The second-order valence-corrected chi connectivity index (χ2v) is 4.96. The standard InChI is InChI=1S/C12H19NO2S/c1-2-13-11(8-10-4-3-7-16-10)12-9-14-5-6-15-12/h3-4,7,11-13H,2,5-6,8-9H2,1H3. The zero-order chi connectivity index (χ0) is 11.2. The van der Waals surface area contributed by atoms with Gasteiger partial charge in [-0.2, -0.15) is 0 Å². The molecule has 0 aromatic carbocycles. The molecule has 1 saturated heterocycles. The lowest BCUT2D eigenvalue weighted by Gasteiger charge is -2.30. The molecule has 0 aliphatic carbocycles. The summed E-state index contributed by atoms with van der Waals surface area (Å²) in [5, 5.41) is 5.61. The summed E-state index contributed by atoms with van der Waals surface area (Å²) in [6, 6.07) is 4.64. The SMILES string of the molecule is CCNC(Cc1cccs1)C1COCCO1. The molecule has 0 bridgehead atoms. The van der Waals surface area contributed by atoms with Crippen LogP contribution in [-0.4, -0.2) is 38.5 Å². The van der Waals surface area contributed by atoms with Crippen LogP contribution in [0.5, 0.6) is 0 Å². The van der Waals surface area contributed by atoms with Crippen LogP contribution < -0.4 is 5.32 Å². The highest BCUT2D eigenvalue weighted by atomic mass is 32.1. The Morgan fingerprint density at radius 3 is 3.12 bits per heavy atom. The van der Waals surface area contributed by atoms with E-state index >= 15 is 0 Å². The van der Waals surface area contributed by atoms with Crippen LogP contribution in [0.25, 0.3) is 0 Å². The molecule has 2 atom stereocenters. The van der Waals surface area contributed by atoms with Crippen LogP contribution in [0.3, 0.4) is 0 Å². The number of likely N-dealkylation sites (N-methyl/N-ethyl adjacent to an activating group) is 1. The average Bonchev–Trinajstić information content (AvgIpc) is 2.83. The minimum atomic E-state index is 0.191. The smallest absolute Gasteiger partial charge is 0.0965 e. The Balaban J connectivity index is 1.92. The predicted molar refractivity (Wildman–Crippen MR) is 66.0 cm³/mol. The van der Waals surface area contributed by atoms with Crippen molar-refractivity contribution in [1.82, 2.24) is 5.32 Å². The zero-order valence-corrected chi connectivity index (χ0v) is 10.5. The lowest BCUT2D eigenvalue weighted by molar-refractivity contribution is -0.101. The normalized spacial score (nSPS) is 23.2. The molecule has 1 fully saturated rings. The first-order chi connectivity index (χ1) is 7.90. The summed E-state index contributed by atoms with van der Waals surface area (Å²) >= 11 is 1.80. The van der Waals surface area contributed by atoms with Crippen molar-refractivity contribution < 1.29 is 9.47 Å². The van der Waals surface area contributed by atoms with Crippen LogP contribution in [0.4, 0.5) is 0 Å². The summed E-state index contributed by atoms with van der Waals surface area (Å²) in [5.41, 5.74) is 0. The maximum atomic E-state index is 5.76. The van der Waals surface area contributed by atoms with Gasteiger partial charge < -0.3 is 14.8 Å². The monoisotopic (exact) mass is 241 g/mol. The zero-order valence-electron chi connectivity index (χ0n) is 9.65. The maximum Gasteiger partial charge on any atom is 0.0965 e. The highest BCUT2D eigenvalue weighted by Gasteiger charge is 2.24. The van der Waals surface area contributed by atoms with Crippen LogP contribution in [0.15, 0.2) is 17.5 Å². The number of hydrogen-bond donors (Lipinski definition) is 1. The van der Waals surface area contributed by atoms with E-state index in [0.717, 1.165) is 26.2 Å². The van der Waals surface area contributed by atoms with E-state index in [1.807, 2.05) is 0 Å². The van der Waals surface area contributed by atoms with Crippen LogP contribution in [0.1, 0.15) is 11.8 Å². The fraction of sp³-hybridized carbons (Fsp3) is 0.667. The van der Waals surface area contributed by atoms with E-state index in [4.69, 9.17) is 9.47 Å². The molecule has 1 aromatic heterocycles. The van der Waals surface area contributed by atoms with Crippen molar-refractivity contribution in [2.75, 3.05) is 26.4 Å². The first-order valence-corrected chi connectivity index (χ1v) is 6.73. The lowest BCUT2D eigenvalue weighted by atomic mass is 10.1. The summed E-state index contributed by atoms with van der Waals surface area (Å²) < 4.78 is 11.2. The second kappa shape index (κ2) is 6.35. The molecule has 3 nitrogen and oxygen atoms in total. The predicted octanol–water partition coefficient (Wildman–Crippen LogP) is 1.68. The third-order valence-corrected chi connectivity index (χ3v) is 3.66. The summed E-state index contributed by atoms with van der Waals surface area (Å²) in [7, 11) is 0. The van der Waals surface area contributed by atoms with E-state index in [9.17, 15) is 0 Å². The Labute approximate surface area is 101 Å². The Kier molecular flexibility index (Phi) is 4.78. The molecule has 0 radical (unpaired) electrons. The first kappa shape index (κ1) is 12.0. The topological polar surface area (TPSA) is 30.5 Å². The van der Waals surface area contributed by atoms with Gasteiger partial charge in [-0.1, -0.05) is 13.0 Å². The van der Waals surface area contributed by atoms with Crippen molar-refractivity contribution in [3.63, 3.8) is 0 Å². The highest BCUT2D eigenvalue weighted by molar-refractivity contribution is 7.09. The largest absolute Gasteiger partial charge is 0.376 e. The minimum absolute atomic E-state index is 0.191. The van der Waals surface area contributed by atoms with Gasteiger partial charge in [0.05, 0.1) is 25.9 Å². The molecule has 1 N–H and O–H groups in total. The fourth-order valence-corrected chi connectivity index (χ4v) is 2.75. The molecule has 0 saturated carbocycles. The van der Waals surface area contributed by atoms with Gasteiger partial charge in [-0.15, -0.1) is 11.3 Å². The molecule has 0 amide bonds. The van der Waals surface area contributed by atoms with Gasteiger partial charge >= 0.3 is 0 Å². The molecule has 0 spiro atoms. The summed E-state index contributed by atoms with van der Waals surface area (Å²) in [6.45, 7) is 5.26. The number of thiophene rings is 1. The summed E-state index contributed by atoms with van der Waals surface area (Å²) in [5.74, 6) is 0. The number of ether oxygens (including phenoxy) is 2. The van der Waals surface area contributed by atoms with Crippen LogP contribution >= 0.6 is 11.3 Å². The van der Waals surface area contributed by atoms with Gasteiger partial charge in [0.25, 0.3) is 0 Å². The number of rotatable bonds is 5. The molecule has 2 unspecified atom stereocenters. The van der Waals surface area contributed by atoms with Crippen LogP contribution in [0.2, 0.25) is 0 Å². The van der Waals surface area contributed by atoms with Crippen LogP contribution in [-0.2, 0) is 15.9 Å². The number of hydrogen-bond acceptors (Lipinski definition) is 4. The molecular weight excluding hydrogens is 222 g/mol. The van der Waals surface area contributed by atoms with Crippen molar-refractivity contribution in [3.05, 3.63) is 22.4 Å². The lowest BCUT2D eigenvalue weighted by Crippen LogP contribution is -2.47. The van der Waals surface area contributed by atoms with E-state index in [1.54, 1.807) is 11.3 Å². The van der Waals surface area contributed by atoms with Crippen molar-refractivity contribution in [2.24, 2.45) is 0 Å². The van der Waals surface area contributed by atoms with Crippen molar-refractivity contribution >= 4 is 11.3 Å². The average molecular weight is 241 g/mol. The Bertz CT molecular complexity index is 283. The van der Waals surface area contributed by atoms with E-state index in [2.05, 4.69) is 29.8 Å². The van der Waals surface area contributed by atoms with Gasteiger partial charge in [0.1, 0.15) is 0 Å². The maximum absolute atomic E-state index is 5.76. The summed E-state index contributed by atoms with van der Waals surface area (Å²) in [4.78, 5) is 1.40. The molecule has 1 aliphatic rings.